The number of carbonyl (C=O) groups is 1. The van der Waals surface area contributed by atoms with Crippen LogP contribution < -0.4 is 5.32 Å². The van der Waals surface area contributed by atoms with Gasteiger partial charge in [-0.25, -0.2) is 14.1 Å². The number of carbonyl (C=O) groups excluding carboxylic acids is 1. The highest BCUT2D eigenvalue weighted by atomic mass is 32.1. The molecule has 4 aromatic rings. The third-order valence-corrected chi connectivity index (χ3v) is 4.74. The highest BCUT2D eigenvalue weighted by molar-refractivity contribution is 7.17. The molecule has 0 saturated heterocycles. The number of aryl methyl sites for hydroxylation is 1. The lowest BCUT2D eigenvalue weighted by molar-refractivity contribution is 0.103. The summed E-state index contributed by atoms with van der Waals surface area (Å²) >= 11 is 1.20. The summed E-state index contributed by atoms with van der Waals surface area (Å²) < 4.78 is 15.4. The molecule has 27 heavy (non-hydrogen) atoms. The molecule has 0 aliphatic heterocycles. The molecule has 1 N–H and O–H groups in total. The third-order valence-electron chi connectivity index (χ3n) is 3.72. The van der Waals surface area contributed by atoms with Gasteiger partial charge in [0.2, 0.25) is 0 Å². The van der Waals surface area contributed by atoms with Gasteiger partial charge in [0.05, 0.1) is 12.4 Å². The third kappa shape index (κ3) is 3.44. The SMILES string of the molecule is Cc1cc(NC(=O)c2cnc(-c3cnccn3)s2)nn1-c1ccccc1F. The van der Waals surface area contributed by atoms with E-state index in [4.69, 9.17) is 0 Å². The van der Waals surface area contributed by atoms with Gasteiger partial charge < -0.3 is 5.32 Å². The minimum absolute atomic E-state index is 0.318. The van der Waals surface area contributed by atoms with Crippen LogP contribution in [0.15, 0.2) is 55.1 Å². The smallest absolute Gasteiger partial charge is 0.268 e. The van der Waals surface area contributed by atoms with E-state index in [9.17, 15) is 9.18 Å². The number of nitrogens with one attached hydrogen (secondary N) is 1. The molecule has 0 aliphatic carbocycles. The van der Waals surface area contributed by atoms with Gasteiger partial charge in [-0.05, 0) is 19.1 Å². The van der Waals surface area contributed by atoms with Gasteiger partial charge >= 0.3 is 0 Å². The van der Waals surface area contributed by atoms with Crippen molar-refractivity contribution in [3.8, 4) is 16.4 Å². The van der Waals surface area contributed by atoms with Crippen LogP contribution in [0.2, 0.25) is 0 Å². The molecule has 0 unspecified atom stereocenters. The highest BCUT2D eigenvalue weighted by Crippen LogP contribution is 2.24. The summed E-state index contributed by atoms with van der Waals surface area (Å²) in [7, 11) is 0. The quantitative estimate of drug-likeness (QED) is 0.586. The van der Waals surface area contributed by atoms with Crippen molar-refractivity contribution in [2.45, 2.75) is 6.92 Å². The zero-order valence-electron chi connectivity index (χ0n) is 14.1. The molecule has 1 aromatic carbocycles. The zero-order chi connectivity index (χ0) is 18.8. The number of nitrogens with zero attached hydrogens (tertiary/aromatic N) is 5. The molecule has 0 bridgehead atoms. The molecular weight excluding hydrogens is 367 g/mol. The first-order chi connectivity index (χ1) is 13.1. The van der Waals surface area contributed by atoms with E-state index in [2.05, 4.69) is 25.4 Å². The monoisotopic (exact) mass is 380 g/mol. The van der Waals surface area contributed by atoms with Crippen molar-refractivity contribution in [2.75, 3.05) is 5.32 Å². The molecule has 1 amide bonds. The van der Waals surface area contributed by atoms with E-state index < -0.39 is 5.82 Å². The maximum atomic E-state index is 14.0. The number of thiazole rings is 1. The molecule has 3 aromatic heterocycles. The molecular formula is C18H13FN6OS. The molecule has 0 saturated carbocycles. The van der Waals surface area contributed by atoms with Crippen LogP contribution in [0.1, 0.15) is 15.4 Å². The van der Waals surface area contributed by atoms with Crippen LogP contribution in [0.3, 0.4) is 0 Å². The number of rotatable bonds is 4. The standard InChI is InChI=1S/C18H13FN6OS/c1-11-8-16(24-25(11)14-5-3-2-4-12(14)19)23-17(26)15-10-22-18(27-15)13-9-20-6-7-21-13/h2-10H,1H3,(H,23,24,26). The molecule has 3 heterocycles. The largest absolute Gasteiger partial charge is 0.304 e. The van der Waals surface area contributed by atoms with Gasteiger partial charge in [0.25, 0.3) is 5.91 Å². The molecule has 0 spiro atoms. The fourth-order valence-electron chi connectivity index (χ4n) is 2.49. The van der Waals surface area contributed by atoms with Gasteiger partial charge in [-0.2, -0.15) is 0 Å². The summed E-state index contributed by atoms with van der Waals surface area (Å²) in [5.74, 6) is -0.409. The van der Waals surface area contributed by atoms with E-state index in [0.717, 1.165) is 0 Å². The first kappa shape index (κ1) is 17.0. The van der Waals surface area contributed by atoms with Crippen LogP contribution in [0, 0.1) is 12.7 Å². The number of aromatic nitrogens is 5. The van der Waals surface area contributed by atoms with E-state index in [-0.39, 0.29) is 5.91 Å². The van der Waals surface area contributed by atoms with Crippen LogP contribution in [-0.4, -0.2) is 30.6 Å². The molecule has 0 fully saturated rings. The Hall–Kier alpha value is -3.46. The molecule has 134 valence electrons. The lowest BCUT2D eigenvalue weighted by Gasteiger charge is -2.04. The Morgan fingerprint density at radius 1 is 1.19 bits per heavy atom. The van der Waals surface area contributed by atoms with Crippen molar-refractivity contribution in [3.05, 3.63) is 71.5 Å². The first-order valence-electron chi connectivity index (χ1n) is 7.97. The van der Waals surface area contributed by atoms with Crippen LogP contribution in [0.4, 0.5) is 10.2 Å². The Morgan fingerprint density at radius 2 is 2.04 bits per heavy atom. The zero-order valence-corrected chi connectivity index (χ0v) is 14.9. The lowest BCUT2D eigenvalue weighted by Crippen LogP contribution is -2.11. The van der Waals surface area contributed by atoms with Crippen LogP contribution >= 0.6 is 11.3 Å². The van der Waals surface area contributed by atoms with Crippen molar-refractivity contribution in [1.82, 2.24) is 24.7 Å². The van der Waals surface area contributed by atoms with Crippen molar-refractivity contribution in [1.29, 1.82) is 0 Å². The highest BCUT2D eigenvalue weighted by Gasteiger charge is 2.16. The van der Waals surface area contributed by atoms with Crippen molar-refractivity contribution in [3.63, 3.8) is 0 Å². The van der Waals surface area contributed by atoms with Gasteiger partial charge in [-0.15, -0.1) is 16.4 Å². The minimum Gasteiger partial charge on any atom is -0.304 e. The first-order valence-corrected chi connectivity index (χ1v) is 8.78. The minimum atomic E-state index is -0.391. The summed E-state index contributed by atoms with van der Waals surface area (Å²) in [6.45, 7) is 1.79. The van der Waals surface area contributed by atoms with Gasteiger partial charge in [0.1, 0.15) is 27.1 Å². The Balaban J connectivity index is 1.55. The Morgan fingerprint density at radius 3 is 2.81 bits per heavy atom. The maximum Gasteiger partial charge on any atom is 0.268 e. The topological polar surface area (TPSA) is 85.6 Å². The second-order valence-corrected chi connectivity index (χ2v) is 6.64. The number of amides is 1. The molecule has 4 rings (SSSR count). The van der Waals surface area contributed by atoms with Gasteiger partial charge in [-0.1, -0.05) is 12.1 Å². The Labute approximate surface area is 157 Å². The number of anilines is 1. The fraction of sp³-hybridized carbons (Fsp3) is 0.0556. The fourth-order valence-corrected chi connectivity index (χ4v) is 3.26. The maximum absolute atomic E-state index is 14.0. The molecule has 9 heteroatoms. The van der Waals surface area contributed by atoms with Crippen LogP contribution in [0.5, 0.6) is 0 Å². The van der Waals surface area contributed by atoms with Crippen LogP contribution in [0.25, 0.3) is 16.4 Å². The second kappa shape index (κ2) is 7.04. The number of para-hydroxylation sites is 1. The summed E-state index contributed by atoms with van der Waals surface area (Å²) in [5.41, 5.74) is 1.61. The summed E-state index contributed by atoms with van der Waals surface area (Å²) in [6, 6.07) is 7.99. The number of benzene rings is 1. The Kier molecular flexibility index (Phi) is 4.43. The number of hydrogen-bond donors (Lipinski definition) is 1. The van der Waals surface area contributed by atoms with E-state index in [0.29, 0.717) is 32.8 Å². The number of hydrogen-bond acceptors (Lipinski definition) is 6. The average Bonchev–Trinajstić information content (AvgIpc) is 3.30. The van der Waals surface area contributed by atoms with E-state index in [1.165, 1.54) is 28.3 Å². The molecule has 0 aliphatic rings. The lowest BCUT2D eigenvalue weighted by atomic mass is 10.3. The van der Waals surface area contributed by atoms with Crippen molar-refractivity contribution >= 4 is 23.1 Å². The predicted molar refractivity (Wildman–Crippen MR) is 99.4 cm³/mol. The number of halogens is 1. The molecule has 7 nitrogen and oxygen atoms in total. The molecule has 0 atom stereocenters. The van der Waals surface area contributed by atoms with E-state index in [1.54, 1.807) is 49.8 Å². The summed E-state index contributed by atoms with van der Waals surface area (Å²) in [4.78, 5) is 25.3. The van der Waals surface area contributed by atoms with Gasteiger partial charge in [0.15, 0.2) is 5.82 Å². The summed E-state index contributed by atoms with van der Waals surface area (Å²) in [5, 5.41) is 7.59. The van der Waals surface area contributed by atoms with Gasteiger partial charge in [-0.3, -0.25) is 14.8 Å². The predicted octanol–water partition coefficient (Wildman–Crippen LogP) is 3.49. The average molecular weight is 380 g/mol. The second-order valence-electron chi connectivity index (χ2n) is 5.61. The van der Waals surface area contributed by atoms with Gasteiger partial charge in [0, 0.05) is 24.2 Å². The summed E-state index contributed by atoms with van der Waals surface area (Å²) in [6.07, 6.45) is 6.19. The van der Waals surface area contributed by atoms with Crippen LogP contribution in [-0.2, 0) is 0 Å². The normalized spacial score (nSPS) is 10.7. The molecule has 0 radical (unpaired) electrons. The van der Waals surface area contributed by atoms with E-state index in [1.807, 2.05) is 0 Å². The van der Waals surface area contributed by atoms with Crippen molar-refractivity contribution < 1.29 is 9.18 Å². The van der Waals surface area contributed by atoms with Crippen molar-refractivity contribution in [2.24, 2.45) is 0 Å². The van der Waals surface area contributed by atoms with E-state index >= 15 is 0 Å². The Bertz CT molecular complexity index is 1110.